The Hall–Kier alpha value is -1.69. The zero-order valence-electron chi connectivity index (χ0n) is 8.81. The third-order valence-electron chi connectivity index (χ3n) is 2.34. The summed E-state index contributed by atoms with van der Waals surface area (Å²) in [5.74, 6) is 1.72. The number of aromatic amines is 1. The molecule has 0 saturated carbocycles. The third-order valence-corrected chi connectivity index (χ3v) is 2.34. The van der Waals surface area contributed by atoms with Gasteiger partial charge in [0.1, 0.15) is 24.0 Å². The number of aromatic nitrogens is 5. The van der Waals surface area contributed by atoms with Gasteiger partial charge in [0.15, 0.2) is 0 Å². The van der Waals surface area contributed by atoms with E-state index in [1.165, 1.54) is 6.33 Å². The van der Waals surface area contributed by atoms with Crippen LogP contribution in [0.25, 0.3) is 0 Å². The van der Waals surface area contributed by atoms with Gasteiger partial charge in [-0.25, -0.2) is 9.97 Å². The maximum absolute atomic E-state index is 4.33. The van der Waals surface area contributed by atoms with E-state index in [1.807, 2.05) is 13.2 Å². The van der Waals surface area contributed by atoms with Crippen LogP contribution in [0.1, 0.15) is 24.6 Å². The van der Waals surface area contributed by atoms with Crippen molar-refractivity contribution in [3.05, 3.63) is 30.4 Å². The van der Waals surface area contributed by atoms with E-state index in [0.29, 0.717) is 0 Å². The van der Waals surface area contributed by atoms with E-state index in [1.54, 1.807) is 6.20 Å². The molecule has 0 aliphatic rings. The number of rotatable bonds is 4. The SMILES string of the molecule is CCn1ccnc1C(NC)c1ncn[nH]1. The lowest BCUT2D eigenvalue weighted by atomic mass is 10.2. The van der Waals surface area contributed by atoms with Crippen molar-refractivity contribution in [3.63, 3.8) is 0 Å². The van der Waals surface area contributed by atoms with Crippen LogP contribution in [0.2, 0.25) is 0 Å². The fourth-order valence-corrected chi connectivity index (χ4v) is 1.59. The fourth-order valence-electron chi connectivity index (χ4n) is 1.59. The molecule has 6 heteroatoms. The Balaban J connectivity index is 2.35. The molecule has 1 unspecified atom stereocenters. The van der Waals surface area contributed by atoms with Crippen molar-refractivity contribution in [3.8, 4) is 0 Å². The molecule has 0 aliphatic heterocycles. The molecule has 1 atom stereocenters. The van der Waals surface area contributed by atoms with E-state index in [9.17, 15) is 0 Å². The fraction of sp³-hybridized carbons (Fsp3) is 0.444. The quantitative estimate of drug-likeness (QED) is 0.756. The minimum Gasteiger partial charge on any atom is -0.334 e. The molecule has 2 rings (SSSR count). The van der Waals surface area contributed by atoms with Crippen molar-refractivity contribution in [1.82, 2.24) is 30.0 Å². The van der Waals surface area contributed by atoms with Crippen molar-refractivity contribution in [2.24, 2.45) is 0 Å². The normalized spacial score (nSPS) is 12.9. The summed E-state index contributed by atoms with van der Waals surface area (Å²) in [5.41, 5.74) is 0. The van der Waals surface area contributed by atoms with Crippen LogP contribution in [-0.4, -0.2) is 31.8 Å². The Labute approximate surface area is 87.8 Å². The molecule has 0 aromatic carbocycles. The average molecular weight is 206 g/mol. The molecule has 6 nitrogen and oxygen atoms in total. The Morgan fingerprint density at radius 1 is 1.53 bits per heavy atom. The van der Waals surface area contributed by atoms with Crippen molar-refractivity contribution >= 4 is 0 Å². The predicted octanol–water partition coefficient (Wildman–Crippen LogP) is 0.330. The molecule has 2 N–H and O–H groups in total. The lowest BCUT2D eigenvalue weighted by Gasteiger charge is -2.13. The maximum atomic E-state index is 4.33. The van der Waals surface area contributed by atoms with E-state index in [0.717, 1.165) is 18.2 Å². The summed E-state index contributed by atoms with van der Waals surface area (Å²) in [4.78, 5) is 8.46. The minimum atomic E-state index is -0.0394. The van der Waals surface area contributed by atoms with Crippen LogP contribution in [0.15, 0.2) is 18.7 Å². The molecule has 2 heterocycles. The van der Waals surface area contributed by atoms with E-state index in [4.69, 9.17) is 0 Å². The van der Waals surface area contributed by atoms with E-state index >= 15 is 0 Å². The van der Waals surface area contributed by atoms with Crippen LogP contribution in [0.4, 0.5) is 0 Å². The second-order valence-electron chi connectivity index (χ2n) is 3.16. The molecule has 2 aromatic rings. The summed E-state index contributed by atoms with van der Waals surface area (Å²) in [6, 6.07) is -0.0394. The second-order valence-corrected chi connectivity index (χ2v) is 3.16. The molecule has 0 spiro atoms. The van der Waals surface area contributed by atoms with Gasteiger partial charge < -0.3 is 9.88 Å². The molecule has 0 aliphatic carbocycles. The number of hydrogen-bond acceptors (Lipinski definition) is 4. The Kier molecular flexibility index (Phi) is 2.77. The van der Waals surface area contributed by atoms with Crippen LogP contribution in [0.5, 0.6) is 0 Å². The molecule has 0 amide bonds. The van der Waals surface area contributed by atoms with E-state index in [2.05, 4.69) is 37.0 Å². The molecule has 0 fully saturated rings. The van der Waals surface area contributed by atoms with Gasteiger partial charge in [0.2, 0.25) is 0 Å². The first-order chi connectivity index (χ1) is 7.36. The highest BCUT2D eigenvalue weighted by Gasteiger charge is 2.19. The van der Waals surface area contributed by atoms with Gasteiger partial charge >= 0.3 is 0 Å². The predicted molar refractivity (Wildman–Crippen MR) is 55.2 cm³/mol. The van der Waals surface area contributed by atoms with Crippen LogP contribution in [0, 0.1) is 0 Å². The zero-order valence-corrected chi connectivity index (χ0v) is 8.81. The summed E-state index contributed by atoms with van der Waals surface area (Å²) in [6.45, 7) is 2.97. The Bertz CT molecular complexity index is 404. The van der Waals surface area contributed by atoms with E-state index in [-0.39, 0.29) is 6.04 Å². The summed E-state index contributed by atoms with van der Waals surface area (Å²) in [7, 11) is 1.88. The maximum Gasteiger partial charge on any atom is 0.149 e. The van der Waals surface area contributed by atoms with Crippen LogP contribution >= 0.6 is 0 Å². The first-order valence-electron chi connectivity index (χ1n) is 4.90. The molecule has 0 saturated heterocycles. The van der Waals surface area contributed by atoms with Crippen molar-refractivity contribution in [1.29, 1.82) is 0 Å². The Morgan fingerprint density at radius 3 is 3.00 bits per heavy atom. The van der Waals surface area contributed by atoms with Gasteiger partial charge in [0.05, 0.1) is 0 Å². The number of H-pyrrole nitrogens is 1. The molecular formula is C9H14N6. The number of nitrogens with zero attached hydrogens (tertiary/aromatic N) is 4. The van der Waals surface area contributed by atoms with Crippen LogP contribution in [0.3, 0.4) is 0 Å². The van der Waals surface area contributed by atoms with Gasteiger partial charge in [-0.15, -0.1) is 0 Å². The molecule has 0 bridgehead atoms. The number of aryl methyl sites for hydroxylation is 1. The number of nitrogens with one attached hydrogen (secondary N) is 2. The molecule has 0 radical (unpaired) electrons. The van der Waals surface area contributed by atoms with Crippen molar-refractivity contribution in [2.45, 2.75) is 19.5 Å². The van der Waals surface area contributed by atoms with Gasteiger partial charge in [-0.2, -0.15) is 5.10 Å². The van der Waals surface area contributed by atoms with Crippen molar-refractivity contribution in [2.75, 3.05) is 7.05 Å². The summed E-state index contributed by atoms with van der Waals surface area (Å²) >= 11 is 0. The highest BCUT2D eigenvalue weighted by molar-refractivity contribution is 5.10. The Morgan fingerprint density at radius 2 is 2.40 bits per heavy atom. The topological polar surface area (TPSA) is 71.4 Å². The highest BCUT2D eigenvalue weighted by atomic mass is 15.2. The van der Waals surface area contributed by atoms with Crippen LogP contribution in [-0.2, 0) is 6.54 Å². The zero-order chi connectivity index (χ0) is 10.7. The molecule has 15 heavy (non-hydrogen) atoms. The summed E-state index contributed by atoms with van der Waals surface area (Å²) < 4.78 is 2.07. The largest absolute Gasteiger partial charge is 0.334 e. The van der Waals surface area contributed by atoms with Gasteiger partial charge in [0.25, 0.3) is 0 Å². The summed E-state index contributed by atoms with van der Waals surface area (Å²) in [5, 5.41) is 9.86. The molecular weight excluding hydrogens is 192 g/mol. The lowest BCUT2D eigenvalue weighted by molar-refractivity contribution is 0.567. The van der Waals surface area contributed by atoms with Gasteiger partial charge in [-0.3, -0.25) is 5.10 Å². The molecule has 2 aromatic heterocycles. The van der Waals surface area contributed by atoms with Crippen molar-refractivity contribution < 1.29 is 0 Å². The third kappa shape index (κ3) is 1.75. The average Bonchev–Trinajstić information content (AvgIpc) is 2.89. The second kappa shape index (κ2) is 4.22. The monoisotopic (exact) mass is 206 g/mol. The van der Waals surface area contributed by atoms with Crippen LogP contribution < -0.4 is 5.32 Å². The summed E-state index contributed by atoms with van der Waals surface area (Å²) in [6.07, 6.45) is 5.24. The van der Waals surface area contributed by atoms with E-state index < -0.39 is 0 Å². The van der Waals surface area contributed by atoms with Gasteiger partial charge in [-0.05, 0) is 14.0 Å². The smallest absolute Gasteiger partial charge is 0.149 e. The number of imidazole rings is 1. The molecule has 80 valence electrons. The lowest BCUT2D eigenvalue weighted by Crippen LogP contribution is -2.23. The standard InChI is InChI=1S/C9H14N6/c1-3-15-5-4-11-9(15)7(10-2)8-12-6-13-14-8/h4-7,10H,3H2,1-2H3,(H,12,13,14). The first kappa shape index (κ1) is 9.85. The highest BCUT2D eigenvalue weighted by Crippen LogP contribution is 2.15. The number of hydrogen-bond donors (Lipinski definition) is 2. The minimum absolute atomic E-state index is 0.0394. The van der Waals surface area contributed by atoms with Gasteiger partial charge in [0, 0.05) is 18.9 Å². The van der Waals surface area contributed by atoms with Gasteiger partial charge in [-0.1, -0.05) is 0 Å². The first-order valence-corrected chi connectivity index (χ1v) is 4.90.